The van der Waals surface area contributed by atoms with Gasteiger partial charge in [-0.15, -0.1) is 0 Å². The number of carbonyl (C=O) groups is 1. The highest BCUT2D eigenvalue weighted by atomic mass is 16.3. The van der Waals surface area contributed by atoms with E-state index >= 15 is 0 Å². The zero-order chi connectivity index (χ0) is 18.6. The molecule has 1 N–H and O–H groups in total. The molecule has 0 saturated carbocycles. The Balaban J connectivity index is 1.66. The topological polar surface area (TPSA) is 60.1 Å². The van der Waals surface area contributed by atoms with Crippen molar-refractivity contribution in [2.45, 2.75) is 32.7 Å². The average molecular weight is 349 g/mol. The number of hydrogen-bond donors (Lipinski definition) is 1. The van der Waals surface area contributed by atoms with Crippen LogP contribution < -0.4 is 5.32 Å². The van der Waals surface area contributed by atoms with Gasteiger partial charge in [-0.05, 0) is 34.8 Å². The lowest BCUT2D eigenvalue weighted by molar-refractivity contribution is -0.111. The summed E-state index contributed by atoms with van der Waals surface area (Å²) in [5.74, 6) is 1.05. The minimum atomic E-state index is -0.230. The molecule has 0 atom stereocenters. The molecule has 3 rings (SSSR count). The van der Waals surface area contributed by atoms with Crippen molar-refractivity contribution in [3.63, 3.8) is 0 Å². The first-order chi connectivity index (χ1) is 12.4. The molecule has 1 aromatic carbocycles. The maximum absolute atomic E-state index is 12.1. The maximum Gasteiger partial charge on any atom is 0.249 e. The number of carbonyl (C=O) groups excluding carboxylic acids is 1. The van der Waals surface area contributed by atoms with Crippen LogP contribution in [0.5, 0.6) is 0 Å². The fraction of sp³-hybridized carbons (Fsp3) is 0.238. The predicted molar refractivity (Wildman–Crippen MR) is 103 cm³/mol. The lowest BCUT2D eigenvalue weighted by Gasteiger charge is -2.19. The first-order valence-electron chi connectivity index (χ1n) is 8.55. The molecule has 0 aliphatic rings. The number of furan rings is 1. The summed E-state index contributed by atoms with van der Waals surface area (Å²) in [5, 5.41) is 7.15. The number of aromatic nitrogens is 2. The van der Waals surface area contributed by atoms with E-state index in [-0.39, 0.29) is 11.3 Å². The summed E-state index contributed by atoms with van der Waals surface area (Å²) in [6, 6.07) is 13.8. The Bertz CT molecular complexity index is 882. The third-order valence-electron chi connectivity index (χ3n) is 4.06. The normalized spacial score (nSPS) is 11.8. The van der Waals surface area contributed by atoms with Crippen molar-refractivity contribution < 1.29 is 9.21 Å². The van der Waals surface area contributed by atoms with Crippen molar-refractivity contribution in [2.24, 2.45) is 0 Å². The van der Waals surface area contributed by atoms with Crippen LogP contribution in [-0.2, 0) is 16.8 Å². The average Bonchev–Trinajstić information content (AvgIpc) is 3.25. The smallest absolute Gasteiger partial charge is 0.249 e. The summed E-state index contributed by atoms with van der Waals surface area (Å²) in [6.07, 6.45) is 6.31. The molecule has 0 bridgehead atoms. The lowest BCUT2D eigenvalue weighted by atomic mass is 9.87. The lowest BCUT2D eigenvalue weighted by Crippen LogP contribution is -2.14. The molecule has 0 spiro atoms. The quantitative estimate of drug-likeness (QED) is 0.691. The van der Waals surface area contributed by atoms with Crippen LogP contribution in [-0.4, -0.2) is 15.7 Å². The molecule has 2 aromatic heterocycles. The van der Waals surface area contributed by atoms with E-state index in [1.807, 2.05) is 0 Å². The monoisotopic (exact) mass is 349 g/mol. The Morgan fingerprint density at radius 3 is 2.62 bits per heavy atom. The fourth-order valence-corrected chi connectivity index (χ4v) is 2.56. The van der Waals surface area contributed by atoms with Gasteiger partial charge in [0.15, 0.2) is 0 Å². The summed E-state index contributed by atoms with van der Waals surface area (Å²) < 4.78 is 6.94. The van der Waals surface area contributed by atoms with Gasteiger partial charge in [-0.3, -0.25) is 4.79 Å². The molecule has 0 unspecified atom stereocenters. The summed E-state index contributed by atoms with van der Waals surface area (Å²) in [5.41, 5.74) is 2.55. The third kappa shape index (κ3) is 4.51. The molecular formula is C21H23N3O2. The van der Waals surface area contributed by atoms with Gasteiger partial charge in [0, 0.05) is 12.1 Å². The number of rotatable bonds is 5. The van der Waals surface area contributed by atoms with E-state index in [4.69, 9.17) is 4.42 Å². The summed E-state index contributed by atoms with van der Waals surface area (Å²) in [7, 11) is 0. The molecule has 3 aromatic rings. The van der Waals surface area contributed by atoms with Gasteiger partial charge < -0.3 is 9.73 Å². The zero-order valence-corrected chi connectivity index (χ0v) is 15.3. The number of anilines is 1. The second kappa shape index (κ2) is 7.44. The van der Waals surface area contributed by atoms with Crippen molar-refractivity contribution in [1.29, 1.82) is 0 Å². The van der Waals surface area contributed by atoms with Gasteiger partial charge >= 0.3 is 0 Å². The Hall–Kier alpha value is -3.08. The van der Waals surface area contributed by atoms with Crippen molar-refractivity contribution in [2.75, 3.05) is 5.32 Å². The second-order valence-corrected chi connectivity index (χ2v) is 7.16. The van der Waals surface area contributed by atoms with E-state index in [0.717, 1.165) is 5.56 Å². The molecule has 5 nitrogen and oxygen atoms in total. The Morgan fingerprint density at radius 2 is 1.96 bits per heavy atom. The standard InChI is InChI=1S/C21H23N3O2/c1-21(2,3)17-8-6-16(7-9-17)15-24-19(12-13-22-24)23-20(25)11-10-18-5-4-14-26-18/h4-14H,15H2,1-3H3,(H,23,25). The third-order valence-corrected chi connectivity index (χ3v) is 4.06. The molecule has 1 amide bonds. The minimum absolute atomic E-state index is 0.129. The fourth-order valence-electron chi connectivity index (χ4n) is 2.56. The van der Waals surface area contributed by atoms with Crippen LogP contribution in [0.2, 0.25) is 0 Å². The number of nitrogens with zero attached hydrogens (tertiary/aromatic N) is 2. The first kappa shape index (κ1) is 17.7. The van der Waals surface area contributed by atoms with Crippen LogP contribution in [0.25, 0.3) is 6.08 Å². The zero-order valence-electron chi connectivity index (χ0n) is 15.3. The van der Waals surface area contributed by atoms with Gasteiger partial charge in [0.05, 0.1) is 19.0 Å². The molecule has 0 fully saturated rings. The number of nitrogens with one attached hydrogen (secondary N) is 1. The van der Waals surface area contributed by atoms with E-state index in [1.54, 1.807) is 41.4 Å². The van der Waals surface area contributed by atoms with E-state index in [9.17, 15) is 4.79 Å². The van der Waals surface area contributed by atoms with E-state index in [2.05, 4.69) is 55.5 Å². The molecule has 2 heterocycles. The number of benzene rings is 1. The highest BCUT2D eigenvalue weighted by molar-refractivity contribution is 6.01. The van der Waals surface area contributed by atoms with Gasteiger partial charge in [0.1, 0.15) is 11.6 Å². The van der Waals surface area contributed by atoms with Crippen molar-refractivity contribution in [1.82, 2.24) is 9.78 Å². The van der Waals surface area contributed by atoms with Crippen LogP contribution in [0.4, 0.5) is 5.82 Å². The molecule has 0 saturated heterocycles. The van der Waals surface area contributed by atoms with Crippen LogP contribution in [0.1, 0.15) is 37.7 Å². The highest BCUT2D eigenvalue weighted by Gasteiger charge is 2.13. The molecular weight excluding hydrogens is 326 g/mol. The second-order valence-electron chi connectivity index (χ2n) is 7.16. The van der Waals surface area contributed by atoms with E-state index < -0.39 is 0 Å². The van der Waals surface area contributed by atoms with Crippen molar-refractivity contribution >= 4 is 17.8 Å². The minimum Gasteiger partial charge on any atom is -0.465 e. The van der Waals surface area contributed by atoms with Gasteiger partial charge in [-0.25, -0.2) is 4.68 Å². The molecule has 0 aliphatic carbocycles. The summed E-state index contributed by atoms with van der Waals surface area (Å²) in [6.45, 7) is 7.17. The molecule has 134 valence electrons. The summed E-state index contributed by atoms with van der Waals surface area (Å²) >= 11 is 0. The van der Waals surface area contributed by atoms with Crippen LogP contribution in [0, 0.1) is 0 Å². The highest BCUT2D eigenvalue weighted by Crippen LogP contribution is 2.22. The van der Waals surface area contributed by atoms with Crippen molar-refractivity contribution in [3.8, 4) is 0 Å². The first-order valence-corrected chi connectivity index (χ1v) is 8.55. The predicted octanol–water partition coefficient (Wildman–Crippen LogP) is 4.47. The van der Waals surface area contributed by atoms with E-state index in [0.29, 0.717) is 18.1 Å². The van der Waals surface area contributed by atoms with E-state index in [1.165, 1.54) is 11.6 Å². The van der Waals surface area contributed by atoms with Crippen LogP contribution >= 0.6 is 0 Å². The Labute approximate surface area is 153 Å². The molecule has 0 aliphatic heterocycles. The Morgan fingerprint density at radius 1 is 1.19 bits per heavy atom. The van der Waals surface area contributed by atoms with Gasteiger partial charge in [0.25, 0.3) is 0 Å². The maximum atomic E-state index is 12.1. The SMILES string of the molecule is CC(C)(C)c1ccc(Cn2nccc2NC(=O)C=Cc2ccco2)cc1. The van der Waals surface area contributed by atoms with Crippen LogP contribution in [0.3, 0.4) is 0 Å². The molecule has 0 radical (unpaired) electrons. The Kier molecular flexibility index (Phi) is 5.07. The van der Waals surface area contributed by atoms with Gasteiger partial charge in [-0.1, -0.05) is 45.0 Å². The number of amides is 1. The largest absolute Gasteiger partial charge is 0.465 e. The summed E-state index contributed by atoms with van der Waals surface area (Å²) in [4.78, 5) is 12.1. The molecule has 5 heteroatoms. The van der Waals surface area contributed by atoms with Crippen LogP contribution in [0.15, 0.2) is 65.4 Å². The molecule has 26 heavy (non-hydrogen) atoms. The van der Waals surface area contributed by atoms with Gasteiger partial charge in [-0.2, -0.15) is 5.10 Å². The van der Waals surface area contributed by atoms with Crippen molar-refractivity contribution in [3.05, 3.63) is 77.9 Å². The number of hydrogen-bond acceptors (Lipinski definition) is 3. The van der Waals surface area contributed by atoms with Gasteiger partial charge in [0.2, 0.25) is 5.91 Å².